The Balaban J connectivity index is 1.33. The maximum atomic E-state index is 12.7. The van der Waals surface area contributed by atoms with Gasteiger partial charge in [-0.25, -0.2) is 4.79 Å². The first kappa shape index (κ1) is 15.9. The van der Waals surface area contributed by atoms with Gasteiger partial charge in [-0.2, -0.15) is 5.10 Å². The molecule has 2 amide bonds. The van der Waals surface area contributed by atoms with Gasteiger partial charge in [0.25, 0.3) is 0 Å². The van der Waals surface area contributed by atoms with Crippen molar-refractivity contribution in [3.05, 3.63) is 53.7 Å². The summed E-state index contributed by atoms with van der Waals surface area (Å²) >= 11 is 0. The van der Waals surface area contributed by atoms with Crippen molar-refractivity contribution in [3.63, 3.8) is 0 Å². The average molecular weight is 337 g/mol. The summed E-state index contributed by atoms with van der Waals surface area (Å²) < 4.78 is 0. The number of carbonyl (C=O) groups is 1. The van der Waals surface area contributed by atoms with E-state index in [2.05, 4.69) is 39.5 Å². The van der Waals surface area contributed by atoms with Crippen LogP contribution < -0.4 is 10.2 Å². The summed E-state index contributed by atoms with van der Waals surface area (Å²) in [6.45, 7) is 4.57. The van der Waals surface area contributed by atoms with Gasteiger partial charge < -0.3 is 15.1 Å². The lowest BCUT2D eigenvalue weighted by molar-refractivity contribution is 0.178. The SMILES string of the molecule is CC1c2ccccc2CN1C(=O)NC1CCN(c2cccnn2)CC1. The molecule has 2 aliphatic heterocycles. The van der Waals surface area contributed by atoms with Crippen molar-refractivity contribution < 1.29 is 4.79 Å². The number of piperidine rings is 1. The summed E-state index contributed by atoms with van der Waals surface area (Å²) in [6.07, 6.45) is 3.54. The van der Waals surface area contributed by atoms with E-state index in [4.69, 9.17) is 0 Å². The summed E-state index contributed by atoms with van der Waals surface area (Å²) in [5, 5.41) is 11.3. The fraction of sp³-hybridized carbons (Fsp3) is 0.421. The van der Waals surface area contributed by atoms with Gasteiger partial charge in [-0.15, -0.1) is 5.10 Å². The number of fused-ring (bicyclic) bond motifs is 1. The maximum absolute atomic E-state index is 12.7. The van der Waals surface area contributed by atoms with Crippen LogP contribution >= 0.6 is 0 Å². The number of rotatable bonds is 2. The lowest BCUT2D eigenvalue weighted by Crippen LogP contribution is -2.48. The van der Waals surface area contributed by atoms with E-state index in [-0.39, 0.29) is 18.1 Å². The first-order valence-corrected chi connectivity index (χ1v) is 8.90. The molecule has 1 atom stereocenters. The van der Waals surface area contributed by atoms with Gasteiger partial charge in [-0.05, 0) is 43.0 Å². The molecular weight excluding hydrogens is 314 g/mol. The van der Waals surface area contributed by atoms with E-state index in [1.54, 1.807) is 6.20 Å². The molecule has 3 heterocycles. The molecule has 130 valence electrons. The Hall–Kier alpha value is -2.63. The Kier molecular flexibility index (Phi) is 4.26. The van der Waals surface area contributed by atoms with E-state index in [1.165, 1.54) is 11.1 Å². The molecule has 0 saturated carbocycles. The van der Waals surface area contributed by atoms with Crippen LogP contribution in [0.1, 0.15) is 36.9 Å². The highest BCUT2D eigenvalue weighted by Gasteiger charge is 2.31. The second-order valence-electron chi connectivity index (χ2n) is 6.80. The van der Waals surface area contributed by atoms with Crippen LogP contribution in [0.2, 0.25) is 0 Å². The van der Waals surface area contributed by atoms with Crippen LogP contribution in [0.15, 0.2) is 42.6 Å². The highest BCUT2D eigenvalue weighted by atomic mass is 16.2. The Morgan fingerprint density at radius 1 is 1.16 bits per heavy atom. The topological polar surface area (TPSA) is 61.4 Å². The minimum absolute atomic E-state index is 0.0432. The molecule has 1 saturated heterocycles. The van der Waals surface area contributed by atoms with Crippen molar-refractivity contribution >= 4 is 11.8 Å². The standard InChI is InChI=1S/C19H23N5O/c1-14-17-6-3-2-5-15(17)13-24(14)19(25)21-16-8-11-23(12-9-16)18-7-4-10-20-22-18/h2-7,10,14,16H,8-9,11-13H2,1H3,(H,21,25). The summed E-state index contributed by atoms with van der Waals surface area (Å²) in [6, 6.07) is 12.6. The molecule has 1 aromatic carbocycles. The quantitative estimate of drug-likeness (QED) is 0.915. The Bertz CT molecular complexity index is 742. The van der Waals surface area contributed by atoms with E-state index in [0.717, 1.165) is 31.7 Å². The van der Waals surface area contributed by atoms with E-state index in [9.17, 15) is 4.79 Å². The third-order valence-corrected chi connectivity index (χ3v) is 5.28. The van der Waals surface area contributed by atoms with E-state index >= 15 is 0 Å². The van der Waals surface area contributed by atoms with E-state index in [0.29, 0.717) is 6.54 Å². The van der Waals surface area contributed by atoms with Gasteiger partial charge in [0.2, 0.25) is 0 Å². The predicted octanol–water partition coefficient (Wildman–Crippen LogP) is 2.73. The third kappa shape index (κ3) is 3.16. The lowest BCUT2D eigenvalue weighted by atomic mass is 10.1. The van der Waals surface area contributed by atoms with Crippen LogP contribution in [-0.2, 0) is 6.54 Å². The minimum Gasteiger partial charge on any atom is -0.355 e. The number of hydrogen-bond acceptors (Lipinski definition) is 4. The maximum Gasteiger partial charge on any atom is 0.318 e. The second-order valence-corrected chi connectivity index (χ2v) is 6.80. The largest absolute Gasteiger partial charge is 0.355 e. The third-order valence-electron chi connectivity index (χ3n) is 5.28. The zero-order valence-electron chi connectivity index (χ0n) is 14.4. The second kappa shape index (κ2) is 6.70. The summed E-state index contributed by atoms with van der Waals surface area (Å²) in [4.78, 5) is 16.9. The number of amides is 2. The minimum atomic E-state index is 0.0432. The molecule has 1 aromatic heterocycles. The molecule has 25 heavy (non-hydrogen) atoms. The molecule has 0 spiro atoms. The average Bonchev–Trinajstić information content (AvgIpc) is 3.00. The summed E-state index contributed by atoms with van der Waals surface area (Å²) in [7, 11) is 0. The van der Waals surface area contributed by atoms with Gasteiger partial charge in [-0.1, -0.05) is 24.3 Å². The monoisotopic (exact) mass is 337 g/mol. The number of benzene rings is 1. The molecule has 4 rings (SSSR count). The molecule has 1 fully saturated rings. The number of nitrogens with zero attached hydrogens (tertiary/aromatic N) is 4. The first-order valence-electron chi connectivity index (χ1n) is 8.90. The highest BCUT2D eigenvalue weighted by Crippen LogP contribution is 2.33. The molecule has 1 unspecified atom stereocenters. The van der Waals surface area contributed by atoms with Crippen LogP contribution in [0, 0.1) is 0 Å². The molecule has 6 nitrogen and oxygen atoms in total. The van der Waals surface area contributed by atoms with E-state index in [1.807, 2.05) is 29.2 Å². The van der Waals surface area contributed by atoms with Gasteiger partial charge in [-0.3, -0.25) is 0 Å². The van der Waals surface area contributed by atoms with Gasteiger partial charge in [0, 0.05) is 31.9 Å². The van der Waals surface area contributed by atoms with Crippen molar-refractivity contribution in [1.29, 1.82) is 0 Å². The van der Waals surface area contributed by atoms with Crippen LogP contribution in [0.5, 0.6) is 0 Å². The number of nitrogens with one attached hydrogen (secondary N) is 1. The molecule has 1 N–H and O–H groups in total. The normalized spacial score (nSPS) is 20.4. The molecule has 0 radical (unpaired) electrons. The Morgan fingerprint density at radius 2 is 1.96 bits per heavy atom. The van der Waals surface area contributed by atoms with Gasteiger partial charge >= 0.3 is 6.03 Å². The lowest BCUT2D eigenvalue weighted by Gasteiger charge is -2.34. The van der Waals surface area contributed by atoms with Crippen molar-refractivity contribution in [2.24, 2.45) is 0 Å². The first-order chi connectivity index (χ1) is 12.2. The van der Waals surface area contributed by atoms with Crippen LogP contribution in [0.3, 0.4) is 0 Å². The zero-order chi connectivity index (χ0) is 17.2. The molecular formula is C19H23N5O. The fourth-order valence-corrected chi connectivity index (χ4v) is 3.79. The molecule has 2 aliphatic rings. The van der Waals surface area contributed by atoms with Crippen molar-refractivity contribution in [2.45, 2.75) is 38.4 Å². The smallest absolute Gasteiger partial charge is 0.318 e. The van der Waals surface area contributed by atoms with E-state index < -0.39 is 0 Å². The van der Waals surface area contributed by atoms with Crippen LogP contribution in [-0.4, -0.2) is 40.3 Å². The molecule has 0 bridgehead atoms. The van der Waals surface area contributed by atoms with Gasteiger partial charge in [0.05, 0.1) is 6.04 Å². The Morgan fingerprint density at radius 3 is 2.68 bits per heavy atom. The fourth-order valence-electron chi connectivity index (χ4n) is 3.79. The van der Waals surface area contributed by atoms with Crippen molar-refractivity contribution in [1.82, 2.24) is 20.4 Å². The molecule has 0 aliphatic carbocycles. The number of carbonyl (C=O) groups excluding carboxylic acids is 1. The Labute approximate surface area is 147 Å². The summed E-state index contributed by atoms with van der Waals surface area (Å²) in [5.74, 6) is 0.913. The summed E-state index contributed by atoms with van der Waals surface area (Å²) in [5.41, 5.74) is 2.51. The highest BCUT2D eigenvalue weighted by molar-refractivity contribution is 5.76. The number of anilines is 1. The van der Waals surface area contributed by atoms with Crippen LogP contribution in [0.25, 0.3) is 0 Å². The number of urea groups is 1. The van der Waals surface area contributed by atoms with Gasteiger partial charge in [0.1, 0.15) is 0 Å². The van der Waals surface area contributed by atoms with Gasteiger partial charge in [0.15, 0.2) is 5.82 Å². The number of hydrogen-bond donors (Lipinski definition) is 1. The molecule has 2 aromatic rings. The zero-order valence-corrected chi connectivity index (χ0v) is 14.4. The van der Waals surface area contributed by atoms with Crippen molar-refractivity contribution in [3.8, 4) is 0 Å². The molecule has 6 heteroatoms. The van der Waals surface area contributed by atoms with Crippen LogP contribution in [0.4, 0.5) is 10.6 Å². The van der Waals surface area contributed by atoms with Crippen molar-refractivity contribution in [2.75, 3.05) is 18.0 Å². The predicted molar refractivity (Wildman–Crippen MR) is 96.2 cm³/mol. The number of aromatic nitrogens is 2.